The van der Waals surface area contributed by atoms with Gasteiger partial charge in [0.1, 0.15) is 0 Å². The van der Waals surface area contributed by atoms with Crippen molar-refractivity contribution in [2.45, 2.75) is 6.92 Å². The van der Waals surface area contributed by atoms with Gasteiger partial charge in [-0.2, -0.15) is 0 Å². The molecule has 0 aromatic heterocycles. The van der Waals surface area contributed by atoms with Crippen molar-refractivity contribution < 1.29 is 0 Å². The van der Waals surface area contributed by atoms with Gasteiger partial charge in [-0.15, -0.1) is 5.11 Å². The van der Waals surface area contributed by atoms with Crippen molar-refractivity contribution in [3.63, 3.8) is 0 Å². The first-order valence-electron chi connectivity index (χ1n) is 5.69. The molecular weight excluding hydrogens is 210 g/mol. The highest BCUT2D eigenvalue weighted by Crippen LogP contribution is 2.16. The standard InChI is InChI=1S/C14H15N3/c1-2-17(14-11-7-4-8-12-14)16-15-13-9-5-3-6-10-13/h3-12H,2H2,1H3. The Balaban J connectivity index is 2.14. The van der Waals surface area contributed by atoms with Gasteiger partial charge in [0.15, 0.2) is 0 Å². The highest BCUT2D eigenvalue weighted by molar-refractivity contribution is 5.45. The number of benzene rings is 2. The highest BCUT2D eigenvalue weighted by atomic mass is 15.5. The zero-order valence-electron chi connectivity index (χ0n) is 9.82. The van der Waals surface area contributed by atoms with Gasteiger partial charge in [-0.25, -0.2) is 5.01 Å². The number of anilines is 1. The van der Waals surface area contributed by atoms with Gasteiger partial charge in [0.05, 0.1) is 11.4 Å². The lowest BCUT2D eigenvalue weighted by Gasteiger charge is -2.14. The van der Waals surface area contributed by atoms with Gasteiger partial charge in [0, 0.05) is 6.54 Å². The van der Waals surface area contributed by atoms with Gasteiger partial charge < -0.3 is 0 Å². The van der Waals surface area contributed by atoms with Gasteiger partial charge in [0.2, 0.25) is 0 Å². The summed E-state index contributed by atoms with van der Waals surface area (Å²) in [7, 11) is 0. The smallest absolute Gasteiger partial charge is 0.0874 e. The van der Waals surface area contributed by atoms with E-state index in [0.717, 1.165) is 17.9 Å². The van der Waals surface area contributed by atoms with E-state index in [1.165, 1.54) is 0 Å². The van der Waals surface area contributed by atoms with Gasteiger partial charge in [-0.1, -0.05) is 41.6 Å². The largest absolute Gasteiger partial charge is 0.247 e. The third kappa shape index (κ3) is 3.14. The maximum atomic E-state index is 4.24. The predicted octanol–water partition coefficient (Wildman–Crippen LogP) is 4.21. The first kappa shape index (κ1) is 11.3. The van der Waals surface area contributed by atoms with Crippen LogP contribution in [0, 0.1) is 0 Å². The molecule has 2 rings (SSSR count). The second kappa shape index (κ2) is 5.80. The predicted molar refractivity (Wildman–Crippen MR) is 70.4 cm³/mol. The summed E-state index contributed by atoms with van der Waals surface area (Å²) in [5, 5.41) is 10.3. The fourth-order valence-electron chi connectivity index (χ4n) is 1.50. The Morgan fingerprint density at radius 3 is 2.06 bits per heavy atom. The van der Waals surface area contributed by atoms with Crippen LogP contribution in [0.5, 0.6) is 0 Å². The maximum Gasteiger partial charge on any atom is 0.0874 e. The summed E-state index contributed by atoms with van der Waals surface area (Å²) in [6.45, 7) is 2.84. The summed E-state index contributed by atoms with van der Waals surface area (Å²) < 4.78 is 0. The topological polar surface area (TPSA) is 28.0 Å². The molecule has 0 aliphatic heterocycles. The lowest BCUT2D eigenvalue weighted by atomic mass is 10.3. The van der Waals surface area contributed by atoms with Gasteiger partial charge >= 0.3 is 0 Å². The minimum Gasteiger partial charge on any atom is -0.247 e. The monoisotopic (exact) mass is 225 g/mol. The molecule has 0 atom stereocenters. The van der Waals surface area contributed by atoms with Crippen molar-refractivity contribution in [2.75, 3.05) is 11.6 Å². The van der Waals surface area contributed by atoms with Crippen molar-refractivity contribution in [1.82, 2.24) is 0 Å². The van der Waals surface area contributed by atoms with Crippen molar-refractivity contribution in [1.29, 1.82) is 0 Å². The minimum absolute atomic E-state index is 0.792. The molecule has 0 aliphatic rings. The molecule has 17 heavy (non-hydrogen) atoms. The van der Waals surface area contributed by atoms with Gasteiger partial charge in [-0.3, -0.25) is 0 Å². The van der Waals surface area contributed by atoms with Crippen molar-refractivity contribution in [3.8, 4) is 0 Å². The number of hydrogen-bond acceptors (Lipinski definition) is 2. The minimum atomic E-state index is 0.792. The molecule has 2 aromatic carbocycles. The maximum absolute atomic E-state index is 4.24. The van der Waals surface area contributed by atoms with Crippen LogP contribution >= 0.6 is 0 Å². The van der Waals surface area contributed by atoms with Crippen LogP contribution < -0.4 is 5.01 Å². The van der Waals surface area contributed by atoms with E-state index in [-0.39, 0.29) is 0 Å². The SMILES string of the molecule is CCN(N=Nc1ccccc1)c1ccccc1. The summed E-state index contributed by atoms with van der Waals surface area (Å²) in [6, 6.07) is 19.8. The number of rotatable bonds is 4. The molecule has 3 nitrogen and oxygen atoms in total. The Kier molecular flexibility index (Phi) is 3.86. The lowest BCUT2D eigenvalue weighted by molar-refractivity contribution is 0.835. The molecule has 0 heterocycles. The molecule has 0 saturated heterocycles. The molecule has 0 fully saturated rings. The molecule has 0 bridgehead atoms. The van der Waals surface area contributed by atoms with E-state index in [1.54, 1.807) is 0 Å². The summed E-state index contributed by atoms with van der Waals surface area (Å²) in [5.74, 6) is 0. The van der Waals surface area contributed by atoms with Crippen LogP contribution in [-0.2, 0) is 0 Å². The van der Waals surface area contributed by atoms with Crippen molar-refractivity contribution in [3.05, 3.63) is 60.7 Å². The molecule has 0 aliphatic carbocycles. The van der Waals surface area contributed by atoms with Crippen LogP contribution in [0.4, 0.5) is 11.4 Å². The second-order valence-corrected chi connectivity index (χ2v) is 3.58. The molecule has 0 spiro atoms. The normalized spacial score (nSPS) is 10.6. The summed E-state index contributed by atoms with van der Waals surface area (Å²) in [6.07, 6.45) is 0. The Bertz CT molecular complexity index is 465. The Morgan fingerprint density at radius 2 is 1.47 bits per heavy atom. The van der Waals surface area contributed by atoms with E-state index < -0.39 is 0 Å². The zero-order valence-corrected chi connectivity index (χ0v) is 9.82. The molecule has 0 unspecified atom stereocenters. The number of hydrogen-bond donors (Lipinski definition) is 0. The van der Waals surface area contributed by atoms with Crippen LogP contribution in [0.15, 0.2) is 71.0 Å². The molecule has 2 aromatic rings. The highest BCUT2D eigenvalue weighted by Gasteiger charge is 2.00. The fraction of sp³-hybridized carbons (Fsp3) is 0.143. The van der Waals surface area contributed by atoms with Crippen LogP contribution in [0.2, 0.25) is 0 Å². The summed E-state index contributed by atoms with van der Waals surface area (Å²) >= 11 is 0. The Hall–Kier alpha value is -2.16. The number of nitrogens with zero attached hydrogens (tertiary/aromatic N) is 3. The summed E-state index contributed by atoms with van der Waals surface area (Å²) in [4.78, 5) is 0. The van der Waals surface area contributed by atoms with Crippen LogP contribution in [0.25, 0.3) is 0 Å². The van der Waals surface area contributed by atoms with Crippen LogP contribution in [0.3, 0.4) is 0 Å². The lowest BCUT2D eigenvalue weighted by Crippen LogP contribution is -2.13. The third-order valence-electron chi connectivity index (χ3n) is 2.38. The van der Waals surface area contributed by atoms with Crippen molar-refractivity contribution >= 4 is 11.4 Å². The first-order chi connectivity index (χ1) is 8.40. The van der Waals surface area contributed by atoms with E-state index in [2.05, 4.69) is 17.3 Å². The van der Waals surface area contributed by atoms with Crippen LogP contribution in [-0.4, -0.2) is 6.54 Å². The van der Waals surface area contributed by atoms with Crippen molar-refractivity contribution in [2.24, 2.45) is 10.3 Å². The molecular formula is C14H15N3. The Labute approximate surface area is 101 Å². The quantitative estimate of drug-likeness (QED) is 0.565. The third-order valence-corrected chi connectivity index (χ3v) is 2.38. The average molecular weight is 225 g/mol. The molecule has 3 heteroatoms. The second-order valence-electron chi connectivity index (χ2n) is 3.58. The fourth-order valence-corrected chi connectivity index (χ4v) is 1.50. The zero-order chi connectivity index (χ0) is 11.9. The average Bonchev–Trinajstić information content (AvgIpc) is 2.42. The van der Waals surface area contributed by atoms with Gasteiger partial charge in [-0.05, 0) is 31.2 Å². The number of para-hydroxylation sites is 1. The molecule has 0 radical (unpaired) electrons. The summed E-state index contributed by atoms with van der Waals surface area (Å²) in [5.41, 5.74) is 1.91. The van der Waals surface area contributed by atoms with Crippen LogP contribution in [0.1, 0.15) is 6.92 Å². The van der Waals surface area contributed by atoms with Gasteiger partial charge in [0.25, 0.3) is 0 Å². The first-order valence-corrected chi connectivity index (χ1v) is 5.69. The molecule has 86 valence electrons. The molecule has 0 N–H and O–H groups in total. The van der Waals surface area contributed by atoms with E-state index in [0.29, 0.717) is 0 Å². The molecule has 0 saturated carbocycles. The Morgan fingerprint density at radius 1 is 0.882 bits per heavy atom. The molecule has 0 amide bonds. The van der Waals surface area contributed by atoms with E-state index in [1.807, 2.05) is 65.7 Å². The van der Waals surface area contributed by atoms with E-state index >= 15 is 0 Å². The van der Waals surface area contributed by atoms with E-state index in [9.17, 15) is 0 Å². The van der Waals surface area contributed by atoms with E-state index in [4.69, 9.17) is 0 Å².